The second-order valence-corrected chi connectivity index (χ2v) is 13.9. The Kier molecular flexibility index (Phi) is 9.04. The molecule has 1 aliphatic heterocycles. The van der Waals surface area contributed by atoms with Crippen LogP contribution < -0.4 is 0 Å². The van der Waals surface area contributed by atoms with Crippen LogP contribution in [0.3, 0.4) is 0 Å². The van der Waals surface area contributed by atoms with Crippen LogP contribution in [0.5, 0.6) is 0 Å². The molecule has 7 atom stereocenters. The largest absolute Gasteiger partial charge is 0.424 e. The average molecular weight is 555 g/mol. The summed E-state index contributed by atoms with van der Waals surface area (Å²) in [5.41, 5.74) is 1.57. The summed E-state index contributed by atoms with van der Waals surface area (Å²) in [7, 11) is 1.62. The molecule has 4 aliphatic carbocycles. The van der Waals surface area contributed by atoms with Crippen molar-refractivity contribution in [1.82, 2.24) is 0 Å². The van der Waals surface area contributed by atoms with E-state index in [0.717, 1.165) is 32.3 Å². The van der Waals surface area contributed by atoms with Crippen LogP contribution in [0.2, 0.25) is 0 Å². The summed E-state index contributed by atoms with van der Waals surface area (Å²) < 4.78 is 31.6. The third-order valence-electron chi connectivity index (χ3n) is 9.60. The van der Waals surface area contributed by atoms with E-state index in [-0.39, 0.29) is 48.5 Å². The Balaban J connectivity index is 0.000000249. The number of fused-ring (bicyclic) bond motifs is 3. The smallest absolute Gasteiger partial charge is 0.377 e. The molecular formula is C28H40ClO7P. The van der Waals surface area contributed by atoms with Gasteiger partial charge in [0, 0.05) is 36.1 Å². The van der Waals surface area contributed by atoms with Crippen molar-refractivity contribution in [2.45, 2.75) is 58.0 Å². The first kappa shape index (κ1) is 28.9. The normalized spacial score (nSPS) is 37.9. The van der Waals surface area contributed by atoms with Gasteiger partial charge >= 0.3 is 6.95 Å². The highest BCUT2D eigenvalue weighted by Gasteiger charge is 2.65. The van der Waals surface area contributed by atoms with Crippen molar-refractivity contribution in [1.29, 1.82) is 0 Å². The second-order valence-electron chi connectivity index (χ2n) is 11.3. The molecule has 2 bridgehead atoms. The molecule has 0 amide bonds. The van der Waals surface area contributed by atoms with Crippen molar-refractivity contribution in [3.8, 4) is 0 Å². The molecule has 4 fully saturated rings. The van der Waals surface area contributed by atoms with Crippen molar-refractivity contribution in [3.63, 3.8) is 0 Å². The van der Waals surface area contributed by atoms with Gasteiger partial charge in [-0.25, -0.2) is 4.57 Å². The summed E-state index contributed by atoms with van der Waals surface area (Å²) in [6.45, 7) is 6.99. The molecule has 3 unspecified atom stereocenters. The van der Waals surface area contributed by atoms with E-state index in [1.165, 1.54) is 30.6 Å². The van der Waals surface area contributed by atoms with Crippen molar-refractivity contribution >= 4 is 29.8 Å². The molecule has 5 aliphatic rings. The van der Waals surface area contributed by atoms with E-state index >= 15 is 0 Å². The Morgan fingerprint density at radius 3 is 2.54 bits per heavy atom. The summed E-state index contributed by atoms with van der Waals surface area (Å²) in [6.07, 6.45) is 12.2. The molecule has 1 heterocycles. The molecule has 9 heteroatoms. The lowest BCUT2D eigenvalue weighted by Gasteiger charge is -2.56. The van der Waals surface area contributed by atoms with E-state index < -0.39 is 6.95 Å². The molecule has 206 valence electrons. The minimum atomic E-state index is -3.40. The Labute approximate surface area is 225 Å². The first-order valence-corrected chi connectivity index (χ1v) is 15.8. The number of carbonyl (C=O) groups excluding carboxylic acids is 2. The Bertz CT molecular complexity index is 979. The Morgan fingerprint density at radius 2 is 1.89 bits per heavy atom. The summed E-state index contributed by atoms with van der Waals surface area (Å²) in [5.74, 6) is 2.65. The fraction of sp³-hybridized carbons (Fsp3) is 0.714. The maximum absolute atomic E-state index is 12.7. The lowest BCUT2D eigenvalue weighted by atomic mass is 9.46. The van der Waals surface area contributed by atoms with E-state index in [9.17, 15) is 14.2 Å². The molecule has 5 rings (SSSR count). The Hall–Kier alpha value is -1.08. The van der Waals surface area contributed by atoms with Gasteiger partial charge in [-0.05, 0) is 73.3 Å². The van der Waals surface area contributed by atoms with Gasteiger partial charge in [-0.2, -0.15) is 0 Å². The van der Waals surface area contributed by atoms with Crippen molar-refractivity contribution in [2.75, 3.05) is 33.5 Å². The van der Waals surface area contributed by atoms with E-state index in [0.29, 0.717) is 30.0 Å². The third kappa shape index (κ3) is 5.50. The van der Waals surface area contributed by atoms with Gasteiger partial charge in [0.2, 0.25) is 0 Å². The van der Waals surface area contributed by atoms with Crippen LogP contribution in [0.25, 0.3) is 0 Å². The van der Waals surface area contributed by atoms with Crippen molar-refractivity contribution in [3.05, 3.63) is 37.0 Å². The van der Waals surface area contributed by atoms with Crippen LogP contribution in [0.1, 0.15) is 51.9 Å². The summed E-state index contributed by atoms with van der Waals surface area (Å²) in [6, 6.07) is 0. The quantitative estimate of drug-likeness (QED) is 0.252. The lowest BCUT2D eigenvalue weighted by molar-refractivity contribution is -0.133. The number of hydrogen-bond acceptors (Lipinski definition) is 7. The zero-order chi connectivity index (χ0) is 26.8. The topological polar surface area (TPSA) is 88.1 Å². The standard InChI is InChI=1S/C22H30O4.C6H10ClO3P/c1-21-7-6-16-14(15(21)3-4-17(21)19(24)11-25-2)10-20-18-9-13(23)5-8-22(16,18)12-26-20;1-3-5-9-11(7,8)10-6-4-2/h9,14-17,20H,3-8,10-12H2,1-2H3;3-4H,1-2,5-6H2/t14?,15?,16?,17-,20-,21+,22+;/m1./s1. The molecule has 0 aromatic heterocycles. The number of methoxy groups -OCH3 is 1. The lowest BCUT2D eigenvalue weighted by Crippen LogP contribution is -2.53. The van der Waals surface area contributed by atoms with Gasteiger partial charge in [-0.15, -0.1) is 13.2 Å². The zero-order valence-electron chi connectivity index (χ0n) is 22.0. The van der Waals surface area contributed by atoms with Crippen LogP contribution in [0.4, 0.5) is 0 Å². The minimum Gasteiger partial charge on any atom is -0.377 e. The fourth-order valence-electron chi connectivity index (χ4n) is 8.13. The maximum atomic E-state index is 12.7. The SMILES string of the molecule is C=CCOP(=O)(Cl)OCC=C.COCC(=O)[C@H]1CCC2C3C[C@H]4OC[C@@]5(CCC(=O)C=C45)C3CC[C@@]21C. The summed E-state index contributed by atoms with van der Waals surface area (Å²) >= 11 is 5.31. The Morgan fingerprint density at radius 1 is 1.19 bits per heavy atom. The summed E-state index contributed by atoms with van der Waals surface area (Å²) in [4.78, 5) is 24.7. The van der Waals surface area contributed by atoms with Crippen molar-refractivity contribution < 1.29 is 32.7 Å². The number of rotatable bonds is 9. The predicted molar refractivity (Wildman–Crippen MR) is 142 cm³/mol. The van der Waals surface area contributed by atoms with Crippen LogP contribution in [-0.2, 0) is 32.7 Å². The van der Waals surface area contributed by atoms with Gasteiger partial charge in [-0.3, -0.25) is 18.6 Å². The molecule has 37 heavy (non-hydrogen) atoms. The number of Topliss-reactive ketones (excluding diaryl/α,β-unsaturated/α-hetero) is 1. The molecule has 7 nitrogen and oxygen atoms in total. The van der Waals surface area contributed by atoms with Crippen molar-refractivity contribution in [2.24, 2.45) is 34.5 Å². The van der Waals surface area contributed by atoms with Crippen LogP contribution in [0, 0.1) is 34.5 Å². The van der Waals surface area contributed by atoms with Gasteiger partial charge in [0.1, 0.15) is 6.61 Å². The number of ether oxygens (including phenoxy) is 2. The van der Waals surface area contributed by atoms with E-state index in [1.54, 1.807) is 7.11 Å². The highest BCUT2D eigenvalue weighted by Crippen LogP contribution is 2.68. The fourth-order valence-corrected chi connectivity index (χ4v) is 9.11. The molecule has 0 aromatic carbocycles. The number of hydrogen-bond donors (Lipinski definition) is 0. The second kappa shape index (κ2) is 11.6. The molecule has 0 aromatic rings. The van der Waals surface area contributed by atoms with Gasteiger partial charge in [-0.1, -0.05) is 19.1 Å². The first-order chi connectivity index (χ1) is 17.6. The highest BCUT2D eigenvalue weighted by atomic mass is 35.7. The van der Waals surface area contributed by atoms with Crippen LogP contribution in [-0.4, -0.2) is 51.2 Å². The molecular weight excluding hydrogens is 515 g/mol. The monoisotopic (exact) mass is 554 g/mol. The van der Waals surface area contributed by atoms with Crippen LogP contribution >= 0.6 is 18.2 Å². The minimum absolute atomic E-state index is 0.109. The third-order valence-corrected chi connectivity index (χ3v) is 11.1. The van der Waals surface area contributed by atoms with Gasteiger partial charge in [0.05, 0.1) is 25.9 Å². The zero-order valence-corrected chi connectivity index (χ0v) is 23.6. The summed E-state index contributed by atoms with van der Waals surface area (Å²) in [5, 5.41) is 0. The maximum Gasteiger partial charge on any atom is 0.424 e. The molecule has 0 N–H and O–H groups in total. The van der Waals surface area contributed by atoms with E-state index in [4.69, 9.17) is 20.7 Å². The number of carbonyl (C=O) groups is 2. The highest BCUT2D eigenvalue weighted by molar-refractivity contribution is 7.81. The first-order valence-electron chi connectivity index (χ1n) is 13.3. The molecule has 3 saturated carbocycles. The van der Waals surface area contributed by atoms with E-state index in [2.05, 4.69) is 29.1 Å². The van der Waals surface area contributed by atoms with Crippen LogP contribution in [0.15, 0.2) is 37.0 Å². The van der Waals surface area contributed by atoms with Gasteiger partial charge in [0.25, 0.3) is 0 Å². The molecule has 0 radical (unpaired) electrons. The molecule has 1 saturated heterocycles. The molecule has 0 spiro atoms. The number of halogens is 1. The average Bonchev–Trinajstić information content (AvgIpc) is 3.35. The van der Waals surface area contributed by atoms with E-state index in [1.807, 2.05) is 6.08 Å². The van der Waals surface area contributed by atoms with Gasteiger partial charge in [0.15, 0.2) is 11.6 Å². The number of ketones is 2. The predicted octanol–water partition coefficient (Wildman–Crippen LogP) is 6.08. The van der Waals surface area contributed by atoms with Gasteiger partial charge < -0.3 is 9.47 Å².